The number of halogens is 3. The molecule has 0 unspecified atom stereocenters. The topological polar surface area (TPSA) is 66.0 Å². The van der Waals surface area contributed by atoms with Crippen LogP contribution in [0.4, 0.5) is 0 Å². The van der Waals surface area contributed by atoms with Crippen molar-refractivity contribution in [3.05, 3.63) is 12.7 Å². The van der Waals surface area contributed by atoms with E-state index in [1.54, 1.807) is 19.9 Å². The molecule has 0 saturated carbocycles. The Morgan fingerprint density at radius 2 is 1.82 bits per heavy atom. The third kappa shape index (κ3) is 4.72. The van der Waals surface area contributed by atoms with Crippen LogP contribution in [-0.2, 0) is 23.4 Å². The fourth-order valence-corrected chi connectivity index (χ4v) is 4.15. The Morgan fingerprint density at radius 1 is 1.25 bits per heavy atom. The van der Waals surface area contributed by atoms with Gasteiger partial charge in [0.15, 0.2) is 20.4 Å². The van der Waals surface area contributed by atoms with E-state index in [0.717, 1.165) is 0 Å². The molecule has 10 heteroatoms. The van der Waals surface area contributed by atoms with Crippen LogP contribution in [0.2, 0.25) is 18.1 Å². The number of hydrogen-bond donors (Lipinski definition) is 1. The zero-order valence-corrected chi connectivity index (χ0v) is 20.7. The molecule has 2 aliphatic heterocycles. The lowest BCUT2D eigenvalue weighted by atomic mass is 9.88. The van der Waals surface area contributed by atoms with Crippen LogP contribution in [0.25, 0.3) is 0 Å². The lowest BCUT2D eigenvalue weighted by Crippen LogP contribution is -2.63. The number of fused-ring (bicyclic) bond motifs is 1. The van der Waals surface area contributed by atoms with E-state index in [2.05, 4.69) is 45.8 Å². The molecule has 2 heterocycles. The van der Waals surface area contributed by atoms with Crippen LogP contribution in [0.1, 0.15) is 34.6 Å². The van der Waals surface area contributed by atoms with Crippen LogP contribution in [-0.4, -0.2) is 54.4 Å². The minimum absolute atomic E-state index is 0.00806. The third-order valence-corrected chi connectivity index (χ3v) is 10.7. The first kappa shape index (κ1) is 24.4. The van der Waals surface area contributed by atoms with Gasteiger partial charge in [-0.2, -0.15) is 0 Å². The number of ether oxygens (including phenoxy) is 3. The fraction of sp³-hybridized carbons (Fsp3) is 0.833. The normalized spacial score (nSPS) is 32.9. The van der Waals surface area contributed by atoms with Gasteiger partial charge in [0.05, 0.1) is 6.61 Å². The molecule has 28 heavy (non-hydrogen) atoms. The van der Waals surface area contributed by atoms with Crippen molar-refractivity contribution in [1.29, 1.82) is 0 Å². The molecule has 2 aliphatic rings. The van der Waals surface area contributed by atoms with Crippen LogP contribution >= 0.6 is 34.8 Å². The summed E-state index contributed by atoms with van der Waals surface area (Å²) in [6, 6.07) is 0. The monoisotopic (exact) mass is 473 g/mol. The highest BCUT2D eigenvalue weighted by Gasteiger charge is 2.64. The zero-order valence-electron chi connectivity index (χ0n) is 17.4. The first-order valence-corrected chi connectivity index (χ1v) is 13.2. The van der Waals surface area contributed by atoms with E-state index < -0.39 is 47.8 Å². The van der Waals surface area contributed by atoms with Gasteiger partial charge in [-0.3, -0.25) is 4.79 Å². The number of carbonyl (C=O) groups is 1. The van der Waals surface area contributed by atoms with Crippen LogP contribution in [0, 0.1) is 0 Å². The van der Waals surface area contributed by atoms with E-state index >= 15 is 0 Å². The highest BCUT2D eigenvalue weighted by atomic mass is 35.6. The zero-order chi connectivity index (χ0) is 21.8. The average Bonchev–Trinajstić information content (AvgIpc) is 2.94. The van der Waals surface area contributed by atoms with Crippen LogP contribution < -0.4 is 5.32 Å². The third-order valence-electron chi connectivity index (χ3n) is 5.69. The largest absolute Gasteiger partial charge is 0.414 e. The number of nitrogens with one attached hydrogen (secondary N) is 1. The van der Waals surface area contributed by atoms with Gasteiger partial charge in [-0.15, -0.1) is 6.58 Å². The Kier molecular flexibility index (Phi) is 6.69. The van der Waals surface area contributed by atoms with E-state index in [-0.39, 0.29) is 11.6 Å². The maximum absolute atomic E-state index is 12.5. The highest BCUT2D eigenvalue weighted by Crippen LogP contribution is 2.45. The predicted octanol–water partition coefficient (Wildman–Crippen LogP) is 4.30. The van der Waals surface area contributed by atoms with Crippen molar-refractivity contribution in [3.8, 4) is 0 Å². The van der Waals surface area contributed by atoms with Crippen molar-refractivity contribution >= 4 is 49.0 Å². The molecule has 1 N–H and O–H groups in total. The Bertz CT molecular complexity index is 632. The first-order chi connectivity index (χ1) is 12.5. The summed E-state index contributed by atoms with van der Waals surface area (Å²) >= 11 is 17.4. The van der Waals surface area contributed by atoms with Crippen molar-refractivity contribution in [2.45, 2.75) is 86.4 Å². The minimum atomic E-state index is -2.14. The first-order valence-electron chi connectivity index (χ1n) is 9.13. The summed E-state index contributed by atoms with van der Waals surface area (Å²) in [7, 11) is -2.08. The van der Waals surface area contributed by atoms with E-state index in [4.69, 9.17) is 53.4 Å². The molecule has 0 bridgehead atoms. The quantitative estimate of drug-likeness (QED) is 0.366. The molecule has 2 rings (SSSR count). The Balaban J connectivity index is 2.33. The van der Waals surface area contributed by atoms with E-state index in [9.17, 15) is 4.79 Å². The van der Waals surface area contributed by atoms with Gasteiger partial charge in [0.25, 0.3) is 9.70 Å². The van der Waals surface area contributed by atoms with Gasteiger partial charge in [0.1, 0.15) is 17.7 Å². The second-order valence-corrected chi connectivity index (χ2v) is 16.3. The molecule has 2 fully saturated rings. The summed E-state index contributed by atoms with van der Waals surface area (Å²) < 4.78 is 22.1. The van der Waals surface area contributed by atoms with Gasteiger partial charge in [-0.25, -0.2) is 0 Å². The van der Waals surface area contributed by atoms with Gasteiger partial charge in [-0.05, 0) is 32.0 Å². The SMILES string of the molecule is C=C[C@]1(NC(=O)C(Cl)(Cl)Cl)[C@@H](CO[Si](C)(C)C(C)(C)C)O[C@H]2OC(C)(C)O[C@@H]21. The van der Waals surface area contributed by atoms with Gasteiger partial charge >= 0.3 is 0 Å². The molecule has 0 radical (unpaired) electrons. The number of alkyl halides is 3. The summed E-state index contributed by atoms with van der Waals surface area (Å²) in [6.45, 7) is 18.3. The minimum Gasteiger partial charge on any atom is -0.414 e. The lowest BCUT2D eigenvalue weighted by molar-refractivity contribution is -0.214. The Labute approximate surface area is 183 Å². The second kappa shape index (κ2) is 7.68. The van der Waals surface area contributed by atoms with Gasteiger partial charge in [-0.1, -0.05) is 61.7 Å². The molecule has 0 aromatic rings. The molecule has 162 valence electrons. The highest BCUT2D eigenvalue weighted by molar-refractivity contribution is 6.76. The van der Waals surface area contributed by atoms with Crippen molar-refractivity contribution in [1.82, 2.24) is 5.32 Å². The van der Waals surface area contributed by atoms with Crippen molar-refractivity contribution < 1.29 is 23.4 Å². The van der Waals surface area contributed by atoms with Gasteiger partial charge < -0.3 is 24.0 Å². The molecule has 0 spiro atoms. The average molecular weight is 475 g/mol. The predicted molar refractivity (Wildman–Crippen MR) is 113 cm³/mol. The number of carbonyl (C=O) groups excluding carboxylic acids is 1. The second-order valence-electron chi connectivity index (χ2n) is 9.21. The lowest BCUT2D eigenvalue weighted by Gasteiger charge is -2.40. The molecule has 0 aromatic carbocycles. The molecule has 0 aliphatic carbocycles. The maximum atomic E-state index is 12.5. The summed E-state index contributed by atoms with van der Waals surface area (Å²) in [5, 5.41) is 2.78. The van der Waals surface area contributed by atoms with E-state index in [1.165, 1.54) is 0 Å². The standard InChI is InChI=1S/C18H30Cl3NO5Si/c1-9-17(22-14(23)18(19,20)21)11(10-24-28(7,8)15(2,3)4)25-13-12(17)26-16(5,6)27-13/h9,11-13H,1,10H2,2-8H3,(H,22,23)/t11-,12+,13+,17+/m1/s1. The van der Waals surface area contributed by atoms with E-state index in [0.29, 0.717) is 0 Å². The number of amides is 1. The summed E-state index contributed by atoms with van der Waals surface area (Å²) in [4.78, 5) is 12.5. The van der Waals surface area contributed by atoms with Crippen LogP contribution in [0.15, 0.2) is 12.7 Å². The smallest absolute Gasteiger partial charge is 0.273 e. The van der Waals surface area contributed by atoms with Crippen molar-refractivity contribution in [2.24, 2.45) is 0 Å². The van der Waals surface area contributed by atoms with Crippen molar-refractivity contribution in [3.63, 3.8) is 0 Å². The summed E-state index contributed by atoms with van der Waals surface area (Å²) in [5.74, 6) is -1.69. The number of hydrogen-bond acceptors (Lipinski definition) is 5. The van der Waals surface area contributed by atoms with E-state index in [1.807, 2.05) is 0 Å². The molecule has 1 amide bonds. The molecular weight excluding hydrogens is 445 g/mol. The fourth-order valence-electron chi connectivity index (χ4n) is 3.01. The number of rotatable bonds is 5. The van der Waals surface area contributed by atoms with Gasteiger partial charge in [0.2, 0.25) is 0 Å². The Hall–Kier alpha value is 0.137. The van der Waals surface area contributed by atoms with Gasteiger partial charge in [0, 0.05) is 0 Å². The molecular formula is C18H30Cl3NO5Si. The molecule has 6 nitrogen and oxygen atoms in total. The maximum Gasteiger partial charge on any atom is 0.273 e. The van der Waals surface area contributed by atoms with Crippen LogP contribution in [0.3, 0.4) is 0 Å². The van der Waals surface area contributed by atoms with Crippen LogP contribution in [0.5, 0.6) is 0 Å². The molecule has 4 atom stereocenters. The summed E-state index contributed by atoms with van der Waals surface area (Å²) in [5.41, 5.74) is -1.18. The molecule has 0 aromatic heterocycles. The Morgan fingerprint density at radius 3 is 2.29 bits per heavy atom. The molecule has 2 saturated heterocycles. The summed E-state index contributed by atoms with van der Waals surface area (Å²) in [6.07, 6.45) is -0.446. The van der Waals surface area contributed by atoms with Crippen molar-refractivity contribution in [2.75, 3.05) is 6.61 Å².